The number of fused-ring (bicyclic) bond motifs is 1. The summed E-state index contributed by atoms with van der Waals surface area (Å²) in [6, 6.07) is 0.754. The lowest BCUT2D eigenvalue weighted by Crippen LogP contribution is -2.49. The second kappa shape index (κ2) is 7.18. The Kier molecular flexibility index (Phi) is 5.29. The first-order valence-corrected chi connectivity index (χ1v) is 8.39. The van der Waals surface area contributed by atoms with Gasteiger partial charge in [-0.15, -0.1) is 0 Å². The highest BCUT2D eigenvalue weighted by Gasteiger charge is 2.29. The van der Waals surface area contributed by atoms with Gasteiger partial charge in [0, 0.05) is 51.9 Å². The van der Waals surface area contributed by atoms with Crippen LogP contribution in [0.25, 0.3) is 0 Å². The maximum atomic E-state index is 10.4. The van der Waals surface area contributed by atoms with E-state index in [-0.39, 0.29) is 6.10 Å². The molecule has 0 amide bonds. The monoisotopic (exact) mass is 282 g/mol. The Morgan fingerprint density at radius 1 is 0.950 bits per heavy atom. The van der Waals surface area contributed by atoms with Crippen LogP contribution >= 0.6 is 0 Å². The molecule has 5 heteroatoms. The zero-order valence-electron chi connectivity index (χ0n) is 12.6. The van der Waals surface area contributed by atoms with Crippen molar-refractivity contribution < 1.29 is 5.11 Å². The summed E-state index contributed by atoms with van der Waals surface area (Å²) in [7, 11) is 0. The third kappa shape index (κ3) is 3.92. The Morgan fingerprint density at radius 3 is 2.55 bits per heavy atom. The molecule has 2 unspecified atom stereocenters. The zero-order chi connectivity index (χ0) is 13.8. The molecule has 0 aliphatic carbocycles. The van der Waals surface area contributed by atoms with Crippen LogP contribution in [0.3, 0.4) is 0 Å². The van der Waals surface area contributed by atoms with Crippen molar-refractivity contribution in [2.45, 2.75) is 31.4 Å². The fourth-order valence-electron chi connectivity index (χ4n) is 4.00. The molecule has 0 bridgehead atoms. The summed E-state index contributed by atoms with van der Waals surface area (Å²) in [6.07, 6.45) is 3.78. The number of piperazine rings is 1. The lowest BCUT2D eigenvalue weighted by molar-refractivity contribution is 0.0671. The van der Waals surface area contributed by atoms with Crippen LogP contribution in [0.15, 0.2) is 0 Å². The van der Waals surface area contributed by atoms with E-state index in [2.05, 4.69) is 20.0 Å². The molecule has 0 aromatic rings. The minimum absolute atomic E-state index is 0.193. The summed E-state index contributed by atoms with van der Waals surface area (Å²) < 4.78 is 0. The predicted octanol–water partition coefficient (Wildman–Crippen LogP) is -0.577. The summed E-state index contributed by atoms with van der Waals surface area (Å²) >= 11 is 0. The van der Waals surface area contributed by atoms with Crippen LogP contribution in [-0.2, 0) is 0 Å². The van der Waals surface area contributed by atoms with Crippen LogP contribution in [0, 0.1) is 0 Å². The zero-order valence-corrected chi connectivity index (χ0v) is 12.6. The van der Waals surface area contributed by atoms with Crippen LogP contribution in [0.2, 0.25) is 0 Å². The molecule has 0 radical (unpaired) electrons. The van der Waals surface area contributed by atoms with Crippen LogP contribution in [0.1, 0.15) is 19.3 Å². The van der Waals surface area contributed by atoms with Gasteiger partial charge < -0.3 is 10.4 Å². The average molecular weight is 282 g/mol. The number of hydrogen-bond acceptors (Lipinski definition) is 5. The molecule has 3 heterocycles. The Bertz CT molecular complexity index is 296. The van der Waals surface area contributed by atoms with Crippen molar-refractivity contribution >= 4 is 0 Å². The van der Waals surface area contributed by atoms with E-state index in [1.54, 1.807) is 0 Å². The molecule has 2 N–H and O–H groups in total. The number of aliphatic hydroxyl groups is 1. The third-order valence-corrected chi connectivity index (χ3v) is 5.04. The molecule has 3 rings (SSSR count). The fraction of sp³-hybridized carbons (Fsp3) is 1.00. The molecule has 0 aromatic carbocycles. The maximum Gasteiger partial charge on any atom is 0.0793 e. The molecule has 3 fully saturated rings. The van der Waals surface area contributed by atoms with E-state index in [0.29, 0.717) is 0 Å². The number of β-amino-alcohol motifs (C(OH)–C–C–N with tert-alkyl or cyclic N) is 1. The van der Waals surface area contributed by atoms with E-state index in [1.807, 2.05) is 0 Å². The minimum Gasteiger partial charge on any atom is -0.390 e. The summed E-state index contributed by atoms with van der Waals surface area (Å²) in [5.41, 5.74) is 0. The van der Waals surface area contributed by atoms with Gasteiger partial charge in [-0.3, -0.25) is 14.7 Å². The maximum absolute atomic E-state index is 10.4. The lowest BCUT2D eigenvalue weighted by Gasteiger charge is -2.32. The highest BCUT2D eigenvalue weighted by molar-refractivity contribution is 4.86. The van der Waals surface area contributed by atoms with Gasteiger partial charge in [-0.2, -0.15) is 0 Å². The van der Waals surface area contributed by atoms with E-state index in [9.17, 15) is 5.11 Å². The quantitative estimate of drug-likeness (QED) is 0.722. The lowest BCUT2D eigenvalue weighted by atomic mass is 10.2. The first-order chi connectivity index (χ1) is 9.81. The van der Waals surface area contributed by atoms with Gasteiger partial charge in [-0.05, 0) is 38.9 Å². The van der Waals surface area contributed by atoms with Gasteiger partial charge in [-0.1, -0.05) is 0 Å². The van der Waals surface area contributed by atoms with Gasteiger partial charge in [0.05, 0.1) is 6.10 Å². The smallest absolute Gasteiger partial charge is 0.0793 e. The Labute approximate surface area is 122 Å². The molecular weight excluding hydrogens is 252 g/mol. The molecule has 3 aliphatic heterocycles. The van der Waals surface area contributed by atoms with Crippen molar-refractivity contribution in [3.05, 3.63) is 0 Å². The highest BCUT2D eigenvalue weighted by Crippen LogP contribution is 2.21. The first-order valence-electron chi connectivity index (χ1n) is 8.39. The summed E-state index contributed by atoms with van der Waals surface area (Å²) in [5, 5.41) is 13.7. The van der Waals surface area contributed by atoms with Gasteiger partial charge in [0.25, 0.3) is 0 Å². The van der Waals surface area contributed by atoms with Gasteiger partial charge in [0.2, 0.25) is 0 Å². The van der Waals surface area contributed by atoms with Crippen molar-refractivity contribution in [1.29, 1.82) is 0 Å². The summed E-state index contributed by atoms with van der Waals surface area (Å²) in [5.74, 6) is 0. The van der Waals surface area contributed by atoms with E-state index in [1.165, 1.54) is 38.9 Å². The van der Waals surface area contributed by atoms with Gasteiger partial charge in [0.1, 0.15) is 0 Å². The van der Waals surface area contributed by atoms with Crippen molar-refractivity contribution in [3.8, 4) is 0 Å². The number of rotatable bonds is 4. The Balaban J connectivity index is 1.44. The van der Waals surface area contributed by atoms with Crippen molar-refractivity contribution in [2.75, 3.05) is 65.4 Å². The molecule has 2 atom stereocenters. The normalized spacial score (nSPS) is 31.9. The molecule has 5 nitrogen and oxygen atoms in total. The van der Waals surface area contributed by atoms with Crippen molar-refractivity contribution in [1.82, 2.24) is 20.0 Å². The van der Waals surface area contributed by atoms with E-state index >= 15 is 0 Å². The molecule has 3 aliphatic rings. The van der Waals surface area contributed by atoms with Crippen molar-refractivity contribution in [3.63, 3.8) is 0 Å². The largest absolute Gasteiger partial charge is 0.390 e. The topological polar surface area (TPSA) is 42.0 Å². The highest BCUT2D eigenvalue weighted by atomic mass is 16.3. The second-order valence-electron chi connectivity index (χ2n) is 6.65. The molecule has 3 saturated heterocycles. The fourth-order valence-corrected chi connectivity index (χ4v) is 4.00. The molecule has 0 saturated carbocycles. The number of aliphatic hydroxyl groups excluding tert-OH is 1. The molecule has 116 valence electrons. The minimum atomic E-state index is -0.193. The molecule has 0 spiro atoms. The molecular formula is C15H30N4O. The van der Waals surface area contributed by atoms with Crippen LogP contribution in [0.5, 0.6) is 0 Å². The van der Waals surface area contributed by atoms with Crippen molar-refractivity contribution in [2.24, 2.45) is 0 Å². The SMILES string of the molecule is OC(CN1CCNCC1)CN1CCCN2CCCC2C1. The van der Waals surface area contributed by atoms with E-state index < -0.39 is 0 Å². The Morgan fingerprint density at radius 2 is 1.70 bits per heavy atom. The van der Waals surface area contributed by atoms with E-state index in [0.717, 1.165) is 51.9 Å². The van der Waals surface area contributed by atoms with Gasteiger partial charge in [-0.25, -0.2) is 0 Å². The van der Waals surface area contributed by atoms with Crippen LogP contribution in [0.4, 0.5) is 0 Å². The number of nitrogens with one attached hydrogen (secondary N) is 1. The standard InChI is InChI=1S/C15H30N4O/c20-15(12-17-9-4-16-5-10-17)13-18-6-2-8-19-7-1-3-14(19)11-18/h14-16,20H,1-13H2. The predicted molar refractivity (Wildman–Crippen MR) is 81.0 cm³/mol. The third-order valence-electron chi connectivity index (χ3n) is 5.04. The average Bonchev–Trinajstić information content (AvgIpc) is 2.79. The van der Waals surface area contributed by atoms with Crippen LogP contribution < -0.4 is 5.32 Å². The summed E-state index contributed by atoms with van der Waals surface area (Å²) in [4.78, 5) is 7.55. The van der Waals surface area contributed by atoms with Gasteiger partial charge in [0.15, 0.2) is 0 Å². The molecule has 20 heavy (non-hydrogen) atoms. The number of nitrogens with zero attached hydrogens (tertiary/aromatic N) is 3. The number of hydrogen-bond donors (Lipinski definition) is 2. The Hall–Kier alpha value is -0.200. The second-order valence-corrected chi connectivity index (χ2v) is 6.65. The summed E-state index contributed by atoms with van der Waals surface area (Å²) in [6.45, 7) is 10.9. The van der Waals surface area contributed by atoms with E-state index in [4.69, 9.17) is 0 Å². The van der Waals surface area contributed by atoms with Gasteiger partial charge >= 0.3 is 0 Å². The van der Waals surface area contributed by atoms with Crippen LogP contribution in [-0.4, -0.2) is 97.4 Å². The molecule has 0 aromatic heterocycles. The first kappa shape index (κ1) is 14.7.